The highest BCUT2D eigenvalue weighted by Crippen LogP contribution is 2.26. The molecule has 10 nitrogen and oxygen atoms in total. The van der Waals surface area contributed by atoms with E-state index in [4.69, 9.17) is 4.74 Å². The highest BCUT2D eigenvalue weighted by atomic mass is 16.6. The lowest BCUT2D eigenvalue weighted by Crippen LogP contribution is -2.54. The topological polar surface area (TPSA) is 134 Å². The second kappa shape index (κ2) is 14.0. The third kappa shape index (κ3) is 9.48. The summed E-state index contributed by atoms with van der Waals surface area (Å²) in [4.78, 5) is 53.4. The van der Waals surface area contributed by atoms with Gasteiger partial charge in [-0.2, -0.15) is 0 Å². The summed E-state index contributed by atoms with van der Waals surface area (Å²) in [7, 11) is 1.21. The predicted molar refractivity (Wildman–Crippen MR) is 146 cm³/mol. The van der Waals surface area contributed by atoms with Crippen molar-refractivity contribution < 1.29 is 33.8 Å². The minimum absolute atomic E-state index is 0.0362. The van der Waals surface area contributed by atoms with Crippen LogP contribution in [-0.4, -0.2) is 65.7 Å². The molecule has 0 aromatic heterocycles. The second-order valence-electron chi connectivity index (χ2n) is 9.90. The van der Waals surface area contributed by atoms with Crippen LogP contribution in [0.2, 0.25) is 0 Å². The number of ether oxygens (including phenoxy) is 2. The van der Waals surface area contributed by atoms with E-state index in [-0.39, 0.29) is 25.3 Å². The lowest BCUT2D eigenvalue weighted by Gasteiger charge is -2.34. The lowest BCUT2D eigenvalue weighted by atomic mass is 9.97. The summed E-state index contributed by atoms with van der Waals surface area (Å²) < 4.78 is 10.0. The van der Waals surface area contributed by atoms with Gasteiger partial charge in [0.15, 0.2) is 0 Å². The molecule has 0 aliphatic carbocycles. The molecule has 3 N–H and O–H groups in total. The summed E-state index contributed by atoms with van der Waals surface area (Å²) in [5, 5.41) is 14.8. The van der Waals surface area contributed by atoms with Crippen molar-refractivity contribution in [2.45, 2.75) is 51.8 Å². The first-order chi connectivity index (χ1) is 18.4. The number of carbonyl (C=O) groups excluding carboxylic acids is 4. The van der Waals surface area contributed by atoms with Gasteiger partial charge in [0.25, 0.3) is 0 Å². The fourth-order valence-electron chi connectivity index (χ4n) is 3.85. The van der Waals surface area contributed by atoms with Crippen LogP contribution < -0.4 is 10.6 Å². The van der Waals surface area contributed by atoms with Crippen LogP contribution in [0, 0.1) is 6.92 Å². The van der Waals surface area contributed by atoms with Gasteiger partial charge in [0.05, 0.1) is 7.11 Å². The number of carbonyl (C=O) groups is 4. The van der Waals surface area contributed by atoms with Crippen molar-refractivity contribution in [3.63, 3.8) is 0 Å². The average Bonchev–Trinajstić information content (AvgIpc) is 2.87. The minimum atomic E-state index is -1.15. The van der Waals surface area contributed by atoms with Crippen molar-refractivity contribution in [1.82, 2.24) is 15.5 Å². The van der Waals surface area contributed by atoms with Gasteiger partial charge >= 0.3 is 12.1 Å². The molecule has 210 valence electrons. The number of nitrogens with one attached hydrogen (secondary N) is 2. The van der Waals surface area contributed by atoms with Crippen molar-refractivity contribution in [2.75, 3.05) is 20.2 Å². The molecule has 2 aromatic rings. The van der Waals surface area contributed by atoms with Gasteiger partial charge in [0, 0.05) is 13.0 Å². The minimum Gasteiger partial charge on any atom is -0.508 e. The Kier molecular flexibility index (Phi) is 11.1. The van der Waals surface area contributed by atoms with E-state index in [1.807, 2.05) is 0 Å². The summed E-state index contributed by atoms with van der Waals surface area (Å²) in [5.41, 5.74) is 1.13. The number of amides is 3. The maximum absolute atomic E-state index is 14.1. The number of aromatic hydroxyl groups is 1. The van der Waals surface area contributed by atoms with E-state index in [0.29, 0.717) is 11.1 Å². The predicted octanol–water partition coefficient (Wildman–Crippen LogP) is 3.18. The number of hydrogen-bond acceptors (Lipinski definition) is 7. The van der Waals surface area contributed by atoms with Crippen molar-refractivity contribution in [3.05, 3.63) is 77.9 Å². The summed E-state index contributed by atoms with van der Waals surface area (Å²) in [6, 6.07) is 11.0. The molecular formula is C29H37N3O7. The Bertz CT molecular complexity index is 1170. The van der Waals surface area contributed by atoms with Crippen LogP contribution in [0.3, 0.4) is 0 Å². The number of aryl methyl sites for hydroxylation is 1. The van der Waals surface area contributed by atoms with Crippen LogP contribution in [0.1, 0.15) is 43.5 Å². The molecule has 3 amide bonds. The fourth-order valence-corrected chi connectivity index (χ4v) is 3.85. The summed E-state index contributed by atoms with van der Waals surface area (Å²) in [6.45, 7) is 10.2. The Morgan fingerprint density at radius 3 is 2.28 bits per heavy atom. The zero-order valence-electron chi connectivity index (χ0n) is 23.0. The van der Waals surface area contributed by atoms with Gasteiger partial charge in [-0.25, -0.2) is 4.79 Å². The number of phenols is 1. The van der Waals surface area contributed by atoms with Crippen LogP contribution in [-0.2, 0) is 30.3 Å². The molecule has 39 heavy (non-hydrogen) atoms. The maximum atomic E-state index is 14.1. The van der Waals surface area contributed by atoms with Crippen molar-refractivity contribution >= 4 is 23.9 Å². The maximum Gasteiger partial charge on any atom is 0.408 e. The molecule has 0 radical (unpaired) electrons. The van der Waals surface area contributed by atoms with E-state index in [0.717, 1.165) is 5.56 Å². The molecule has 0 heterocycles. The highest BCUT2D eigenvalue weighted by molar-refractivity contribution is 5.93. The number of hydrogen-bond donors (Lipinski definition) is 3. The summed E-state index contributed by atoms with van der Waals surface area (Å²) >= 11 is 0. The number of methoxy groups -OCH3 is 1. The summed E-state index contributed by atoms with van der Waals surface area (Å²) in [6.07, 6.45) is 0.721. The third-order valence-corrected chi connectivity index (χ3v) is 5.65. The molecule has 0 fully saturated rings. The molecular weight excluding hydrogens is 502 g/mol. The number of alkyl carbamates (subject to hydrolysis) is 1. The standard InChI is InChI=1S/C29H37N3O7/c1-7-16-32(25(22-11-9-8-10-19(22)2)26(35)30-18-24(34)38-6)27(36)23(31-28(37)39-29(3,4)5)17-20-12-14-21(33)15-13-20/h7-15,23,25,33H,1,16-18H2,2-6H3,(H,30,35)(H,31,37). The zero-order chi connectivity index (χ0) is 29.2. The first-order valence-electron chi connectivity index (χ1n) is 12.4. The van der Waals surface area contributed by atoms with E-state index in [1.165, 1.54) is 30.2 Å². The van der Waals surface area contributed by atoms with Gasteiger partial charge in [0.2, 0.25) is 11.8 Å². The van der Waals surface area contributed by atoms with Crippen molar-refractivity contribution in [2.24, 2.45) is 0 Å². The van der Waals surface area contributed by atoms with E-state index in [9.17, 15) is 24.3 Å². The molecule has 2 atom stereocenters. The smallest absolute Gasteiger partial charge is 0.408 e. The molecule has 0 bridgehead atoms. The number of rotatable bonds is 11. The molecule has 0 aliphatic rings. The number of esters is 1. The van der Waals surface area contributed by atoms with Gasteiger partial charge in [-0.15, -0.1) is 6.58 Å². The molecule has 0 spiro atoms. The quantitative estimate of drug-likeness (QED) is 0.295. The molecule has 10 heteroatoms. The van der Waals surface area contributed by atoms with Crippen LogP contribution in [0.4, 0.5) is 4.79 Å². The monoisotopic (exact) mass is 539 g/mol. The Labute approximate surface area is 229 Å². The zero-order valence-corrected chi connectivity index (χ0v) is 23.0. The molecule has 0 saturated carbocycles. The van der Waals surface area contributed by atoms with Crippen LogP contribution in [0.15, 0.2) is 61.2 Å². The first kappa shape index (κ1) is 30.9. The van der Waals surface area contributed by atoms with Gasteiger partial charge in [-0.05, 0) is 56.5 Å². The average molecular weight is 540 g/mol. The third-order valence-electron chi connectivity index (χ3n) is 5.65. The Balaban J connectivity index is 2.53. The van der Waals surface area contributed by atoms with E-state index in [2.05, 4.69) is 21.9 Å². The first-order valence-corrected chi connectivity index (χ1v) is 12.4. The Morgan fingerprint density at radius 1 is 1.08 bits per heavy atom. The molecule has 2 rings (SSSR count). The van der Waals surface area contributed by atoms with Gasteiger partial charge < -0.3 is 30.1 Å². The molecule has 0 saturated heterocycles. The molecule has 0 aliphatic heterocycles. The Hall–Kier alpha value is -4.34. The largest absolute Gasteiger partial charge is 0.508 e. The lowest BCUT2D eigenvalue weighted by molar-refractivity contribution is -0.144. The van der Waals surface area contributed by atoms with E-state index in [1.54, 1.807) is 64.1 Å². The number of benzene rings is 2. The van der Waals surface area contributed by atoms with E-state index >= 15 is 0 Å². The van der Waals surface area contributed by atoms with Crippen molar-refractivity contribution in [1.29, 1.82) is 0 Å². The van der Waals surface area contributed by atoms with Crippen molar-refractivity contribution in [3.8, 4) is 5.75 Å². The summed E-state index contributed by atoms with van der Waals surface area (Å²) in [5.74, 6) is -1.77. The Morgan fingerprint density at radius 2 is 1.72 bits per heavy atom. The van der Waals surface area contributed by atoms with Crippen LogP contribution >= 0.6 is 0 Å². The molecule has 2 unspecified atom stereocenters. The number of phenolic OH excluding ortho intramolecular Hbond substituents is 1. The van der Waals surface area contributed by atoms with Crippen LogP contribution in [0.25, 0.3) is 0 Å². The molecule has 2 aromatic carbocycles. The van der Waals surface area contributed by atoms with Gasteiger partial charge in [0.1, 0.15) is 30.0 Å². The normalized spacial score (nSPS) is 12.4. The SMILES string of the molecule is C=CCN(C(=O)C(Cc1ccc(O)cc1)NC(=O)OC(C)(C)C)C(C(=O)NCC(=O)OC)c1ccccc1C. The fraction of sp³-hybridized carbons (Fsp3) is 0.379. The van der Waals surface area contributed by atoms with E-state index < -0.39 is 41.6 Å². The second-order valence-corrected chi connectivity index (χ2v) is 9.90. The van der Waals surface area contributed by atoms with Gasteiger partial charge in [-0.3, -0.25) is 14.4 Å². The highest BCUT2D eigenvalue weighted by Gasteiger charge is 2.36. The van der Waals surface area contributed by atoms with Gasteiger partial charge in [-0.1, -0.05) is 42.5 Å². The van der Waals surface area contributed by atoms with Crippen LogP contribution in [0.5, 0.6) is 5.75 Å². The number of nitrogens with zero attached hydrogens (tertiary/aromatic N) is 1.